The summed E-state index contributed by atoms with van der Waals surface area (Å²) in [6.07, 6.45) is 2.66. The van der Waals surface area contributed by atoms with Gasteiger partial charge in [0.2, 0.25) is 11.9 Å². The predicted octanol–water partition coefficient (Wildman–Crippen LogP) is -0.183. The summed E-state index contributed by atoms with van der Waals surface area (Å²) in [5.74, 6) is 0.844. The molecule has 1 amide bonds. The molecule has 8 nitrogen and oxygen atoms in total. The first-order chi connectivity index (χ1) is 11.0. The molecule has 2 fully saturated rings. The maximum Gasteiger partial charge on any atom is 0.254 e. The van der Waals surface area contributed by atoms with Gasteiger partial charge in [-0.05, 0) is 19.3 Å². The fourth-order valence-electron chi connectivity index (χ4n) is 3.64. The van der Waals surface area contributed by atoms with Gasteiger partial charge in [-0.25, -0.2) is 0 Å². The molecule has 0 bridgehead atoms. The minimum atomic E-state index is -0.370. The fraction of sp³-hybridized carbons (Fsp3) is 0.667. The molecule has 8 heteroatoms. The summed E-state index contributed by atoms with van der Waals surface area (Å²) in [6, 6.07) is 1.44. The van der Waals surface area contributed by atoms with Gasteiger partial charge < -0.3 is 20.3 Å². The van der Waals surface area contributed by atoms with Crippen molar-refractivity contribution in [3.8, 4) is 0 Å². The lowest BCUT2D eigenvalue weighted by Crippen LogP contribution is -2.51. The van der Waals surface area contributed by atoms with Crippen LogP contribution in [0.3, 0.4) is 0 Å². The van der Waals surface area contributed by atoms with E-state index in [9.17, 15) is 9.59 Å². The van der Waals surface area contributed by atoms with Crippen LogP contribution in [0.15, 0.2) is 10.9 Å². The monoisotopic (exact) mass is 321 g/mol. The molecule has 1 aromatic rings. The molecule has 2 aliphatic heterocycles. The third-order valence-electron chi connectivity index (χ3n) is 4.81. The number of amides is 1. The SMILES string of the molecule is COCCN1CCC[C@]2(CCN(c3cc(=O)[nH]c(N)n3)C2)C1=O. The van der Waals surface area contributed by atoms with Crippen molar-refractivity contribution in [3.05, 3.63) is 16.4 Å². The second-order valence-electron chi connectivity index (χ2n) is 6.33. The smallest absolute Gasteiger partial charge is 0.254 e. The molecule has 3 heterocycles. The number of H-pyrrole nitrogens is 1. The highest BCUT2D eigenvalue weighted by atomic mass is 16.5. The van der Waals surface area contributed by atoms with Gasteiger partial charge in [0.15, 0.2) is 0 Å². The van der Waals surface area contributed by atoms with Crippen molar-refractivity contribution in [1.82, 2.24) is 14.9 Å². The lowest BCUT2D eigenvalue weighted by molar-refractivity contribution is -0.145. The van der Waals surface area contributed by atoms with Crippen LogP contribution >= 0.6 is 0 Å². The number of nitrogens with zero attached hydrogens (tertiary/aromatic N) is 3. The molecule has 126 valence electrons. The molecular weight excluding hydrogens is 298 g/mol. The summed E-state index contributed by atoms with van der Waals surface area (Å²) in [5, 5.41) is 0. The lowest BCUT2D eigenvalue weighted by Gasteiger charge is -2.39. The Labute approximate surface area is 134 Å². The topological polar surface area (TPSA) is 105 Å². The van der Waals surface area contributed by atoms with Crippen LogP contribution in [-0.4, -0.2) is 60.7 Å². The van der Waals surface area contributed by atoms with E-state index in [4.69, 9.17) is 10.5 Å². The van der Waals surface area contributed by atoms with Crippen LogP contribution in [0.4, 0.5) is 11.8 Å². The van der Waals surface area contributed by atoms with Crippen molar-refractivity contribution >= 4 is 17.7 Å². The number of methoxy groups -OCH3 is 1. The summed E-state index contributed by atoms with van der Waals surface area (Å²) in [5.41, 5.74) is 4.98. The number of nitrogen functional groups attached to an aromatic ring is 1. The first-order valence-corrected chi connectivity index (χ1v) is 7.94. The van der Waals surface area contributed by atoms with E-state index in [1.54, 1.807) is 7.11 Å². The Morgan fingerprint density at radius 1 is 1.39 bits per heavy atom. The standard InChI is InChI=1S/C15H23N5O3/c1-23-8-7-19-5-2-3-15(13(19)22)4-6-20(10-15)11-9-12(21)18-14(16)17-11/h9H,2-8,10H2,1H3,(H3,16,17,18,21)/t15-/m1/s1. The number of nitrogens with one attached hydrogen (secondary N) is 1. The highest BCUT2D eigenvalue weighted by molar-refractivity contribution is 5.85. The van der Waals surface area contributed by atoms with E-state index >= 15 is 0 Å². The average Bonchev–Trinajstić information content (AvgIpc) is 2.93. The van der Waals surface area contributed by atoms with Gasteiger partial charge in [-0.3, -0.25) is 14.6 Å². The van der Waals surface area contributed by atoms with Crippen molar-refractivity contribution in [2.45, 2.75) is 19.3 Å². The van der Waals surface area contributed by atoms with Gasteiger partial charge in [-0.1, -0.05) is 0 Å². The van der Waals surface area contributed by atoms with Crippen LogP contribution < -0.4 is 16.2 Å². The van der Waals surface area contributed by atoms with E-state index < -0.39 is 0 Å². The molecule has 0 saturated carbocycles. The van der Waals surface area contributed by atoms with Gasteiger partial charge in [0, 0.05) is 39.4 Å². The second kappa shape index (κ2) is 6.19. The highest BCUT2D eigenvalue weighted by Gasteiger charge is 2.48. The van der Waals surface area contributed by atoms with Crippen molar-refractivity contribution in [3.63, 3.8) is 0 Å². The fourth-order valence-corrected chi connectivity index (χ4v) is 3.64. The zero-order valence-corrected chi connectivity index (χ0v) is 13.4. The van der Waals surface area contributed by atoms with E-state index in [-0.39, 0.29) is 22.8 Å². The summed E-state index contributed by atoms with van der Waals surface area (Å²) in [6.45, 7) is 3.27. The quantitative estimate of drug-likeness (QED) is 0.797. The summed E-state index contributed by atoms with van der Waals surface area (Å²) < 4.78 is 5.09. The molecule has 0 aromatic carbocycles. The van der Waals surface area contributed by atoms with Crippen LogP contribution in [0.25, 0.3) is 0 Å². The number of aromatic amines is 1. The third kappa shape index (κ3) is 3.03. The van der Waals surface area contributed by atoms with E-state index in [2.05, 4.69) is 9.97 Å². The van der Waals surface area contributed by atoms with Gasteiger partial charge >= 0.3 is 0 Å². The van der Waals surface area contributed by atoms with Crippen molar-refractivity contribution in [2.75, 3.05) is 50.5 Å². The first kappa shape index (κ1) is 15.8. The number of ether oxygens (including phenoxy) is 1. The van der Waals surface area contributed by atoms with Gasteiger partial charge in [0.1, 0.15) is 5.82 Å². The summed E-state index contributed by atoms with van der Waals surface area (Å²) >= 11 is 0. The van der Waals surface area contributed by atoms with E-state index in [0.717, 1.165) is 25.8 Å². The number of aromatic nitrogens is 2. The number of hydrogen-bond donors (Lipinski definition) is 2. The largest absolute Gasteiger partial charge is 0.383 e. The van der Waals surface area contributed by atoms with Crippen LogP contribution in [0.5, 0.6) is 0 Å². The Morgan fingerprint density at radius 3 is 2.96 bits per heavy atom. The Hall–Kier alpha value is -2.09. The molecule has 0 unspecified atom stereocenters. The number of likely N-dealkylation sites (tertiary alicyclic amines) is 1. The average molecular weight is 321 g/mol. The minimum absolute atomic E-state index is 0.102. The van der Waals surface area contributed by atoms with E-state index in [1.807, 2.05) is 9.80 Å². The number of carbonyl (C=O) groups is 1. The zero-order chi connectivity index (χ0) is 16.4. The summed E-state index contributed by atoms with van der Waals surface area (Å²) in [7, 11) is 1.64. The van der Waals surface area contributed by atoms with Gasteiger partial charge in [-0.15, -0.1) is 0 Å². The number of rotatable bonds is 4. The Balaban J connectivity index is 1.77. The number of piperidine rings is 1. The maximum absolute atomic E-state index is 12.9. The molecule has 3 N–H and O–H groups in total. The van der Waals surface area contributed by atoms with E-state index in [1.165, 1.54) is 6.07 Å². The highest BCUT2D eigenvalue weighted by Crippen LogP contribution is 2.41. The Kier molecular flexibility index (Phi) is 4.25. The Bertz CT molecular complexity index is 646. The van der Waals surface area contributed by atoms with Gasteiger partial charge in [0.25, 0.3) is 5.56 Å². The molecular formula is C15H23N5O3. The van der Waals surface area contributed by atoms with Crippen LogP contribution in [0.1, 0.15) is 19.3 Å². The number of hydrogen-bond acceptors (Lipinski definition) is 6. The van der Waals surface area contributed by atoms with Gasteiger partial charge in [0.05, 0.1) is 12.0 Å². The second-order valence-corrected chi connectivity index (χ2v) is 6.33. The first-order valence-electron chi connectivity index (χ1n) is 7.94. The van der Waals surface area contributed by atoms with Crippen LogP contribution in [0.2, 0.25) is 0 Å². The van der Waals surface area contributed by atoms with E-state index in [0.29, 0.717) is 32.1 Å². The normalized spacial score (nSPS) is 24.7. The number of carbonyl (C=O) groups excluding carboxylic acids is 1. The van der Waals surface area contributed by atoms with Crippen molar-refractivity contribution < 1.29 is 9.53 Å². The van der Waals surface area contributed by atoms with Crippen molar-refractivity contribution in [1.29, 1.82) is 0 Å². The predicted molar refractivity (Wildman–Crippen MR) is 86.2 cm³/mol. The molecule has 2 aliphatic rings. The molecule has 2 saturated heterocycles. The van der Waals surface area contributed by atoms with Crippen LogP contribution in [-0.2, 0) is 9.53 Å². The van der Waals surface area contributed by atoms with Gasteiger partial charge in [-0.2, -0.15) is 4.98 Å². The third-order valence-corrected chi connectivity index (χ3v) is 4.81. The van der Waals surface area contributed by atoms with Crippen LogP contribution in [0, 0.1) is 5.41 Å². The molecule has 3 rings (SSSR count). The summed E-state index contributed by atoms with van der Waals surface area (Å²) in [4.78, 5) is 35.0. The molecule has 1 spiro atoms. The molecule has 1 atom stereocenters. The Morgan fingerprint density at radius 2 is 2.22 bits per heavy atom. The lowest BCUT2D eigenvalue weighted by atomic mass is 9.78. The molecule has 1 aromatic heterocycles. The number of nitrogens with two attached hydrogens (primary N) is 1. The zero-order valence-electron chi connectivity index (χ0n) is 13.4. The minimum Gasteiger partial charge on any atom is -0.383 e. The maximum atomic E-state index is 12.9. The molecule has 0 aliphatic carbocycles. The molecule has 23 heavy (non-hydrogen) atoms. The molecule has 0 radical (unpaired) electrons. The van der Waals surface area contributed by atoms with Crippen molar-refractivity contribution in [2.24, 2.45) is 5.41 Å². The number of anilines is 2.